The molecule has 19 heavy (non-hydrogen) atoms. The van der Waals surface area contributed by atoms with Crippen molar-refractivity contribution in [3.05, 3.63) is 79.2 Å². The van der Waals surface area contributed by atoms with Gasteiger partial charge in [0.15, 0.2) is 0 Å². The molecule has 2 aromatic rings. The zero-order valence-electron chi connectivity index (χ0n) is 11.0. The van der Waals surface area contributed by atoms with Gasteiger partial charge >= 0.3 is 0 Å². The van der Waals surface area contributed by atoms with Gasteiger partial charge in [0, 0.05) is 6.20 Å². The largest absolute Gasteiger partial charge is 0.255 e. The first-order valence-corrected chi connectivity index (χ1v) is 6.18. The molecule has 0 radical (unpaired) electrons. The summed E-state index contributed by atoms with van der Waals surface area (Å²) in [5, 5.41) is 0. The maximum Gasteiger partial charge on any atom is 0.0893 e. The monoisotopic (exact) mass is 248 g/mol. The Morgan fingerprint density at radius 2 is 1.89 bits per heavy atom. The second-order valence-electron chi connectivity index (χ2n) is 4.03. The Morgan fingerprint density at radius 1 is 1.05 bits per heavy atom. The number of nitrogens with zero attached hydrogens (tertiary/aromatic N) is 2. The molecule has 0 aromatic carbocycles. The van der Waals surface area contributed by atoms with Crippen LogP contribution in [0.4, 0.5) is 0 Å². The van der Waals surface area contributed by atoms with Crippen LogP contribution in [0, 0.1) is 0 Å². The molecule has 0 unspecified atom stereocenters. The molecular formula is C17H16N2. The minimum Gasteiger partial charge on any atom is -0.255 e. The molecule has 0 aliphatic rings. The summed E-state index contributed by atoms with van der Waals surface area (Å²) in [6.45, 7) is 6.01. The Morgan fingerprint density at radius 3 is 2.63 bits per heavy atom. The summed E-state index contributed by atoms with van der Waals surface area (Å²) in [6, 6.07) is 11.7. The molecule has 0 saturated heterocycles. The first kappa shape index (κ1) is 13.0. The fourth-order valence-electron chi connectivity index (χ4n) is 1.64. The summed E-state index contributed by atoms with van der Waals surface area (Å²) < 4.78 is 0. The topological polar surface area (TPSA) is 25.8 Å². The maximum absolute atomic E-state index is 4.58. The molecule has 2 heterocycles. The van der Waals surface area contributed by atoms with Gasteiger partial charge in [-0.1, -0.05) is 43.0 Å². The lowest BCUT2D eigenvalue weighted by molar-refractivity contribution is 1.23. The first-order chi connectivity index (χ1) is 9.31. The molecule has 2 rings (SSSR count). The van der Waals surface area contributed by atoms with E-state index in [2.05, 4.69) is 16.5 Å². The number of hydrogen-bond donors (Lipinski definition) is 0. The van der Waals surface area contributed by atoms with E-state index in [4.69, 9.17) is 0 Å². The van der Waals surface area contributed by atoms with E-state index in [9.17, 15) is 0 Å². The van der Waals surface area contributed by atoms with Gasteiger partial charge in [0.2, 0.25) is 0 Å². The fourth-order valence-corrected chi connectivity index (χ4v) is 1.64. The Balaban J connectivity index is 2.27. The predicted molar refractivity (Wildman–Crippen MR) is 80.5 cm³/mol. The number of rotatable bonds is 4. The van der Waals surface area contributed by atoms with Gasteiger partial charge in [0.25, 0.3) is 0 Å². The zero-order valence-corrected chi connectivity index (χ0v) is 11.0. The molecule has 0 fully saturated rings. The van der Waals surface area contributed by atoms with Crippen molar-refractivity contribution in [1.82, 2.24) is 9.97 Å². The quantitative estimate of drug-likeness (QED) is 0.754. The van der Waals surface area contributed by atoms with E-state index in [-0.39, 0.29) is 0 Å². The van der Waals surface area contributed by atoms with Gasteiger partial charge in [-0.15, -0.1) is 0 Å². The van der Waals surface area contributed by atoms with Crippen LogP contribution in [-0.2, 0) is 0 Å². The van der Waals surface area contributed by atoms with Gasteiger partial charge in [-0.25, -0.2) is 4.98 Å². The highest BCUT2D eigenvalue weighted by Crippen LogP contribution is 2.17. The third kappa shape index (κ3) is 3.49. The van der Waals surface area contributed by atoms with Crippen LogP contribution < -0.4 is 0 Å². The van der Waals surface area contributed by atoms with E-state index in [1.165, 1.54) is 0 Å². The van der Waals surface area contributed by atoms with Gasteiger partial charge in [0.1, 0.15) is 0 Å². The third-order valence-corrected chi connectivity index (χ3v) is 2.61. The Bertz CT molecular complexity index is 610. The third-order valence-electron chi connectivity index (χ3n) is 2.61. The van der Waals surface area contributed by atoms with Crippen molar-refractivity contribution < 1.29 is 0 Å². The predicted octanol–water partition coefficient (Wildman–Crippen LogP) is 4.29. The van der Waals surface area contributed by atoms with Crippen LogP contribution in [0.2, 0.25) is 0 Å². The van der Waals surface area contributed by atoms with Crippen molar-refractivity contribution in [3.8, 4) is 11.4 Å². The van der Waals surface area contributed by atoms with Gasteiger partial charge in [-0.3, -0.25) is 4.98 Å². The molecule has 0 bridgehead atoms. The minimum absolute atomic E-state index is 0.860. The number of allylic oxidation sites excluding steroid dienone is 5. The summed E-state index contributed by atoms with van der Waals surface area (Å²) in [4.78, 5) is 8.89. The standard InChI is InChI=1S/C17H16N2/c1-3-4-5-9-14(2)15-11-8-12-17(19-15)16-10-6-7-13-18-16/h3-13H,2H2,1H3/b4-3-,9-5-. The van der Waals surface area contributed by atoms with Crippen molar-refractivity contribution >= 4 is 5.57 Å². The second kappa shape index (κ2) is 6.45. The molecule has 2 aromatic heterocycles. The smallest absolute Gasteiger partial charge is 0.0893 e. The van der Waals surface area contributed by atoms with Crippen LogP contribution in [0.5, 0.6) is 0 Å². The van der Waals surface area contributed by atoms with Crippen molar-refractivity contribution in [1.29, 1.82) is 0 Å². The maximum atomic E-state index is 4.58. The van der Waals surface area contributed by atoms with Crippen LogP contribution in [0.3, 0.4) is 0 Å². The Labute approximate surface area is 113 Å². The molecule has 2 nitrogen and oxygen atoms in total. The van der Waals surface area contributed by atoms with Crippen molar-refractivity contribution in [2.75, 3.05) is 0 Å². The lowest BCUT2D eigenvalue weighted by Gasteiger charge is -2.03. The second-order valence-corrected chi connectivity index (χ2v) is 4.03. The average Bonchev–Trinajstić information content (AvgIpc) is 2.48. The molecule has 0 aliphatic heterocycles. The zero-order chi connectivity index (χ0) is 13.5. The van der Waals surface area contributed by atoms with E-state index in [0.29, 0.717) is 0 Å². The van der Waals surface area contributed by atoms with Crippen LogP contribution in [0.15, 0.2) is 73.5 Å². The summed E-state index contributed by atoms with van der Waals surface area (Å²) in [7, 11) is 0. The van der Waals surface area contributed by atoms with Crippen LogP contribution in [0.1, 0.15) is 12.6 Å². The lowest BCUT2D eigenvalue weighted by Crippen LogP contribution is -1.91. The molecule has 2 heteroatoms. The molecule has 94 valence electrons. The van der Waals surface area contributed by atoms with E-state index >= 15 is 0 Å². The van der Waals surface area contributed by atoms with Gasteiger partial charge in [-0.05, 0) is 36.8 Å². The van der Waals surface area contributed by atoms with Gasteiger partial charge in [-0.2, -0.15) is 0 Å². The molecule has 0 N–H and O–H groups in total. The number of hydrogen-bond acceptors (Lipinski definition) is 2. The van der Waals surface area contributed by atoms with E-state index in [0.717, 1.165) is 22.7 Å². The van der Waals surface area contributed by atoms with E-state index in [1.54, 1.807) is 6.20 Å². The summed E-state index contributed by atoms with van der Waals surface area (Å²) >= 11 is 0. The number of pyridine rings is 2. The molecule has 0 amide bonds. The molecule has 0 saturated carbocycles. The first-order valence-electron chi connectivity index (χ1n) is 6.18. The summed E-state index contributed by atoms with van der Waals surface area (Å²) in [6.07, 6.45) is 9.61. The van der Waals surface area contributed by atoms with Crippen molar-refractivity contribution in [2.24, 2.45) is 0 Å². The summed E-state index contributed by atoms with van der Waals surface area (Å²) in [5.74, 6) is 0. The van der Waals surface area contributed by atoms with E-state index in [1.807, 2.05) is 67.6 Å². The molecule has 0 spiro atoms. The molecular weight excluding hydrogens is 232 g/mol. The fraction of sp³-hybridized carbons (Fsp3) is 0.0588. The van der Waals surface area contributed by atoms with Gasteiger partial charge < -0.3 is 0 Å². The van der Waals surface area contributed by atoms with E-state index < -0.39 is 0 Å². The lowest BCUT2D eigenvalue weighted by atomic mass is 10.1. The molecule has 0 aliphatic carbocycles. The molecule has 0 atom stereocenters. The Kier molecular flexibility index (Phi) is 4.40. The summed E-state index contributed by atoms with van der Waals surface area (Å²) in [5.41, 5.74) is 3.48. The number of aromatic nitrogens is 2. The van der Waals surface area contributed by atoms with Gasteiger partial charge in [0.05, 0.1) is 17.1 Å². The highest BCUT2D eigenvalue weighted by molar-refractivity contribution is 5.71. The van der Waals surface area contributed by atoms with Crippen molar-refractivity contribution in [2.45, 2.75) is 6.92 Å². The minimum atomic E-state index is 0.860. The highest BCUT2D eigenvalue weighted by Gasteiger charge is 2.02. The van der Waals surface area contributed by atoms with Crippen LogP contribution in [0.25, 0.3) is 17.0 Å². The van der Waals surface area contributed by atoms with Crippen LogP contribution >= 0.6 is 0 Å². The SMILES string of the molecule is C=C(/C=C\C=C/C)c1cccc(-c2ccccn2)n1. The Hall–Kier alpha value is -2.48. The average molecular weight is 248 g/mol. The normalized spacial score (nSPS) is 11.2. The van der Waals surface area contributed by atoms with Crippen molar-refractivity contribution in [3.63, 3.8) is 0 Å². The van der Waals surface area contributed by atoms with Crippen LogP contribution in [-0.4, -0.2) is 9.97 Å². The highest BCUT2D eigenvalue weighted by atomic mass is 14.8.